The van der Waals surface area contributed by atoms with Gasteiger partial charge in [0.1, 0.15) is 5.82 Å². The van der Waals surface area contributed by atoms with Gasteiger partial charge < -0.3 is 10.3 Å². The van der Waals surface area contributed by atoms with Crippen molar-refractivity contribution in [1.82, 2.24) is 20.3 Å². The predicted octanol–water partition coefficient (Wildman–Crippen LogP) is 6.55. The molecule has 0 bridgehead atoms. The van der Waals surface area contributed by atoms with E-state index in [4.69, 9.17) is 4.98 Å². The predicted molar refractivity (Wildman–Crippen MR) is 160 cm³/mol. The third-order valence-corrected chi connectivity index (χ3v) is 7.94. The van der Waals surface area contributed by atoms with Crippen LogP contribution in [0.4, 0.5) is 5.69 Å². The van der Waals surface area contributed by atoms with Gasteiger partial charge in [-0.1, -0.05) is 36.4 Å². The van der Waals surface area contributed by atoms with Gasteiger partial charge in [-0.05, 0) is 73.0 Å². The summed E-state index contributed by atoms with van der Waals surface area (Å²) in [6, 6.07) is 30.2. The molecule has 0 aliphatic carbocycles. The first-order valence-electron chi connectivity index (χ1n) is 13.1. The Morgan fingerprint density at radius 2 is 1.75 bits per heavy atom. The third kappa shape index (κ3) is 5.21. The quantitative estimate of drug-likeness (QED) is 0.227. The van der Waals surface area contributed by atoms with Crippen LogP contribution in [0.25, 0.3) is 21.1 Å². The van der Waals surface area contributed by atoms with Crippen molar-refractivity contribution in [2.75, 3.05) is 11.4 Å². The fourth-order valence-electron chi connectivity index (χ4n) is 4.76. The zero-order chi connectivity index (χ0) is 27.5. The highest BCUT2D eigenvalue weighted by Crippen LogP contribution is 2.34. The summed E-state index contributed by atoms with van der Waals surface area (Å²) in [5.41, 5.74) is 4.02. The third-order valence-electron chi connectivity index (χ3n) is 6.82. The number of pyridine rings is 1. The Labute approximate surface area is 235 Å². The number of rotatable bonds is 8. The normalized spacial score (nSPS) is 11.9. The van der Waals surface area contributed by atoms with E-state index in [1.165, 1.54) is 11.3 Å². The molecule has 6 rings (SSSR count). The molecule has 3 aromatic carbocycles. The van der Waals surface area contributed by atoms with Crippen LogP contribution in [-0.2, 0) is 6.42 Å². The van der Waals surface area contributed by atoms with Gasteiger partial charge in [0, 0.05) is 40.8 Å². The molecular formula is C32H27N5O2S. The zero-order valence-electron chi connectivity index (χ0n) is 21.9. The van der Waals surface area contributed by atoms with Gasteiger partial charge in [0.25, 0.3) is 11.8 Å². The molecule has 0 aliphatic heterocycles. The molecule has 3 heterocycles. The molecule has 0 saturated heterocycles. The lowest BCUT2D eigenvalue weighted by molar-refractivity contribution is 0.0955. The number of thiophene rings is 1. The van der Waals surface area contributed by atoms with Crippen molar-refractivity contribution >= 4 is 50.0 Å². The summed E-state index contributed by atoms with van der Waals surface area (Å²) in [7, 11) is 0. The summed E-state index contributed by atoms with van der Waals surface area (Å²) >= 11 is 1.43. The van der Waals surface area contributed by atoms with E-state index in [-0.39, 0.29) is 17.9 Å². The highest BCUT2D eigenvalue weighted by atomic mass is 32.1. The SMILES string of the molecule is CC(c1nc2ccccc2[nH]1)N(C(=O)c1ccccc1)c1ccc2sc(C(=O)NCCc3ccccn3)cc2c1. The number of amides is 2. The average Bonchev–Trinajstić information content (AvgIpc) is 3.63. The molecule has 6 aromatic rings. The van der Waals surface area contributed by atoms with E-state index in [2.05, 4.69) is 15.3 Å². The topological polar surface area (TPSA) is 91.0 Å². The highest BCUT2D eigenvalue weighted by Gasteiger charge is 2.27. The van der Waals surface area contributed by atoms with Crippen LogP contribution in [0, 0.1) is 0 Å². The van der Waals surface area contributed by atoms with E-state index in [1.54, 1.807) is 11.1 Å². The molecule has 7 nitrogen and oxygen atoms in total. The molecule has 2 N–H and O–H groups in total. The van der Waals surface area contributed by atoms with E-state index in [9.17, 15) is 9.59 Å². The maximum Gasteiger partial charge on any atom is 0.261 e. The summed E-state index contributed by atoms with van der Waals surface area (Å²) in [5.74, 6) is 0.450. The number of carbonyl (C=O) groups excluding carboxylic acids is 2. The Balaban J connectivity index is 1.29. The largest absolute Gasteiger partial charge is 0.351 e. The standard InChI is InChI=1S/C32H27N5O2S/c1-21(30-35-26-12-5-6-13-27(26)36-30)37(32(39)22-9-3-2-4-10-22)25-14-15-28-23(19-25)20-29(40-28)31(38)34-18-16-24-11-7-8-17-33-24/h2-15,17,19-21H,16,18H2,1H3,(H,34,38)(H,35,36). The fourth-order valence-corrected chi connectivity index (χ4v) is 5.72. The van der Waals surface area contributed by atoms with Gasteiger partial charge in [-0.3, -0.25) is 19.5 Å². The number of H-pyrrole nitrogens is 1. The monoisotopic (exact) mass is 545 g/mol. The first kappa shape index (κ1) is 25.5. The van der Waals surface area contributed by atoms with Gasteiger partial charge in [-0.25, -0.2) is 4.98 Å². The van der Waals surface area contributed by atoms with Crippen molar-refractivity contribution in [2.24, 2.45) is 0 Å². The lowest BCUT2D eigenvalue weighted by Crippen LogP contribution is -2.34. The molecule has 1 atom stereocenters. The lowest BCUT2D eigenvalue weighted by Gasteiger charge is -2.28. The van der Waals surface area contributed by atoms with Gasteiger partial charge in [-0.2, -0.15) is 0 Å². The number of aromatic nitrogens is 3. The van der Waals surface area contributed by atoms with Crippen molar-refractivity contribution in [3.63, 3.8) is 0 Å². The number of fused-ring (bicyclic) bond motifs is 2. The number of hydrogen-bond acceptors (Lipinski definition) is 5. The van der Waals surface area contributed by atoms with Crippen LogP contribution in [0.3, 0.4) is 0 Å². The second kappa shape index (κ2) is 11.1. The number of nitrogens with one attached hydrogen (secondary N) is 2. The van der Waals surface area contributed by atoms with Gasteiger partial charge in [0.15, 0.2) is 0 Å². The minimum Gasteiger partial charge on any atom is -0.351 e. The number of benzene rings is 3. The number of aromatic amines is 1. The molecule has 0 fully saturated rings. The fraction of sp³-hybridized carbons (Fsp3) is 0.125. The Kier molecular flexibility index (Phi) is 7.08. The van der Waals surface area contributed by atoms with Crippen molar-refractivity contribution in [3.8, 4) is 0 Å². The Morgan fingerprint density at radius 3 is 2.55 bits per heavy atom. The van der Waals surface area contributed by atoms with Crippen molar-refractivity contribution in [1.29, 1.82) is 0 Å². The number of para-hydroxylation sites is 2. The number of nitrogens with zero attached hydrogens (tertiary/aromatic N) is 3. The minimum absolute atomic E-state index is 0.119. The summed E-state index contributed by atoms with van der Waals surface area (Å²) in [4.78, 5) is 41.6. The number of carbonyl (C=O) groups is 2. The maximum absolute atomic E-state index is 13.9. The smallest absolute Gasteiger partial charge is 0.261 e. The summed E-state index contributed by atoms with van der Waals surface area (Å²) in [5, 5.41) is 3.90. The second-order valence-corrected chi connectivity index (χ2v) is 10.6. The molecule has 0 spiro atoms. The minimum atomic E-state index is -0.370. The number of imidazole rings is 1. The summed E-state index contributed by atoms with van der Waals surface area (Å²) in [6.45, 7) is 2.47. The maximum atomic E-state index is 13.9. The highest BCUT2D eigenvalue weighted by molar-refractivity contribution is 7.20. The van der Waals surface area contributed by atoms with E-state index in [0.29, 0.717) is 29.2 Å². The molecule has 2 amide bonds. The van der Waals surface area contributed by atoms with Gasteiger partial charge in [-0.15, -0.1) is 11.3 Å². The average molecular weight is 546 g/mol. The van der Waals surface area contributed by atoms with Crippen LogP contribution in [0.5, 0.6) is 0 Å². The zero-order valence-corrected chi connectivity index (χ0v) is 22.7. The molecular weight excluding hydrogens is 518 g/mol. The van der Waals surface area contributed by atoms with Crippen molar-refractivity contribution in [3.05, 3.63) is 125 Å². The van der Waals surface area contributed by atoms with Crippen molar-refractivity contribution < 1.29 is 9.59 Å². The molecule has 8 heteroatoms. The van der Waals surface area contributed by atoms with Crippen LogP contribution >= 0.6 is 11.3 Å². The Hall–Kier alpha value is -4.82. The van der Waals surface area contributed by atoms with E-state index in [0.717, 1.165) is 32.5 Å². The number of anilines is 1. The van der Waals surface area contributed by atoms with Gasteiger partial charge in [0.2, 0.25) is 0 Å². The molecule has 0 radical (unpaired) electrons. The summed E-state index contributed by atoms with van der Waals surface area (Å²) in [6.07, 6.45) is 2.42. The first-order chi connectivity index (χ1) is 19.6. The van der Waals surface area contributed by atoms with Gasteiger partial charge in [0.05, 0.1) is 22.0 Å². The van der Waals surface area contributed by atoms with Crippen LogP contribution in [-0.4, -0.2) is 33.3 Å². The molecule has 0 aliphatic rings. The van der Waals surface area contributed by atoms with Crippen LogP contribution in [0.2, 0.25) is 0 Å². The number of hydrogen-bond donors (Lipinski definition) is 2. The van der Waals surface area contributed by atoms with Crippen LogP contribution in [0.15, 0.2) is 103 Å². The molecule has 40 heavy (non-hydrogen) atoms. The lowest BCUT2D eigenvalue weighted by atomic mass is 10.1. The first-order valence-corrected chi connectivity index (χ1v) is 13.9. The Morgan fingerprint density at radius 1 is 0.950 bits per heavy atom. The Bertz CT molecular complexity index is 1760. The van der Waals surface area contributed by atoms with Crippen LogP contribution in [0.1, 0.15) is 44.5 Å². The van der Waals surface area contributed by atoms with E-state index in [1.807, 2.05) is 104 Å². The second-order valence-electron chi connectivity index (χ2n) is 9.52. The van der Waals surface area contributed by atoms with E-state index >= 15 is 0 Å². The van der Waals surface area contributed by atoms with Crippen molar-refractivity contribution in [2.45, 2.75) is 19.4 Å². The molecule has 3 aromatic heterocycles. The molecule has 1 unspecified atom stereocenters. The van der Waals surface area contributed by atoms with Gasteiger partial charge >= 0.3 is 0 Å². The molecule has 0 saturated carbocycles. The summed E-state index contributed by atoms with van der Waals surface area (Å²) < 4.78 is 0.974. The molecule has 198 valence electrons. The van der Waals surface area contributed by atoms with Crippen LogP contribution < -0.4 is 10.2 Å². The van der Waals surface area contributed by atoms with E-state index < -0.39 is 0 Å².